The molecule has 0 aliphatic heterocycles. The molecule has 0 fully saturated rings. The minimum atomic E-state index is -0.410. The average molecular weight is 414 g/mol. The van der Waals surface area contributed by atoms with Crippen molar-refractivity contribution in [2.45, 2.75) is 33.2 Å². The third-order valence-corrected chi connectivity index (χ3v) is 5.79. The van der Waals surface area contributed by atoms with Gasteiger partial charge in [0.2, 0.25) is 5.91 Å². The number of fused-ring (bicyclic) bond motifs is 1. The van der Waals surface area contributed by atoms with Gasteiger partial charge in [-0.05, 0) is 38.0 Å². The van der Waals surface area contributed by atoms with Crippen molar-refractivity contribution in [2.75, 3.05) is 12.4 Å². The van der Waals surface area contributed by atoms with Gasteiger partial charge in [-0.25, -0.2) is 4.98 Å². The number of amides is 2. The van der Waals surface area contributed by atoms with Gasteiger partial charge < -0.3 is 15.8 Å². The third-order valence-electron chi connectivity index (χ3n) is 4.61. The molecular formula is C20H22N4O4S. The van der Waals surface area contributed by atoms with Gasteiger partial charge in [-0.2, -0.15) is 0 Å². The van der Waals surface area contributed by atoms with E-state index in [-0.39, 0.29) is 17.9 Å². The van der Waals surface area contributed by atoms with Crippen molar-refractivity contribution in [2.24, 2.45) is 5.73 Å². The second-order valence-electron chi connectivity index (χ2n) is 6.58. The van der Waals surface area contributed by atoms with Crippen molar-refractivity contribution in [3.63, 3.8) is 0 Å². The number of nitrogens with two attached hydrogens (primary N) is 1. The molecule has 0 bridgehead atoms. The molecule has 0 aliphatic rings. The van der Waals surface area contributed by atoms with Crippen LogP contribution in [-0.4, -0.2) is 28.5 Å². The molecule has 152 valence electrons. The molecule has 0 aliphatic carbocycles. The van der Waals surface area contributed by atoms with Gasteiger partial charge >= 0.3 is 0 Å². The lowest BCUT2D eigenvalue weighted by atomic mass is 10.2. The van der Waals surface area contributed by atoms with Gasteiger partial charge in [0.25, 0.3) is 11.5 Å². The highest BCUT2D eigenvalue weighted by molar-refractivity contribution is 7.20. The van der Waals surface area contributed by atoms with Crippen LogP contribution in [0.4, 0.5) is 5.69 Å². The number of hydrogen-bond acceptors (Lipinski definition) is 6. The van der Waals surface area contributed by atoms with E-state index in [1.165, 1.54) is 23.0 Å². The number of thiophene rings is 1. The molecule has 3 aromatic rings. The Kier molecular flexibility index (Phi) is 5.97. The lowest BCUT2D eigenvalue weighted by Crippen LogP contribution is -2.24. The first kappa shape index (κ1) is 20.5. The number of para-hydroxylation sites is 2. The Morgan fingerprint density at radius 3 is 2.69 bits per heavy atom. The van der Waals surface area contributed by atoms with Gasteiger partial charge in [-0.15, -0.1) is 11.3 Å². The SMILES string of the molecule is COc1ccccc1NC(=O)c1sc2nc(C)n(CCCC(N)=O)c(=O)c2c1C. The summed E-state index contributed by atoms with van der Waals surface area (Å²) in [4.78, 5) is 42.3. The molecule has 0 unspecified atom stereocenters. The van der Waals surface area contributed by atoms with Crippen LogP contribution in [0.15, 0.2) is 29.1 Å². The van der Waals surface area contributed by atoms with Crippen molar-refractivity contribution in [3.8, 4) is 5.75 Å². The largest absolute Gasteiger partial charge is 0.495 e. The van der Waals surface area contributed by atoms with E-state index < -0.39 is 5.91 Å². The van der Waals surface area contributed by atoms with Crippen molar-refractivity contribution < 1.29 is 14.3 Å². The van der Waals surface area contributed by atoms with E-state index in [1.807, 2.05) is 6.07 Å². The fraction of sp³-hybridized carbons (Fsp3) is 0.300. The van der Waals surface area contributed by atoms with Crippen LogP contribution in [-0.2, 0) is 11.3 Å². The smallest absolute Gasteiger partial charge is 0.266 e. The Labute approximate surface area is 171 Å². The van der Waals surface area contributed by atoms with Gasteiger partial charge in [0, 0.05) is 13.0 Å². The second kappa shape index (κ2) is 8.44. The summed E-state index contributed by atoms with van der Waals surface area (Å²) in [5, 5.41) is 3.25. The number of anilines is 1. The summed E-state index contributed by atoms with van der Waals surface area (Å²) in [6, 6.07) is 7.11. The highest BCUT2D eigenvalue weighted by atomic mass is 32.1. The van der Waals surface area contributed by atoms with E-state index in [0.717, 1.165) is 0 Å². The molecule has 8 nitrogen and oxygen atoms in total. The average Bonchev–Trinajstić information content (AvgIpc) is 3.01. The Morgan fingerprint density at radius 1 is 1.28 bits per heavy atom. The zero-order chi connectivity index (χ0) is 21.1. The molecule has 2 heterocycles. The first-order valence-electron chi connectivity index (χ1n) is 9.06. The van der Waals surface area contributed by atoms with E-state index >= 15 is 0 Å². The molecular weight excluding hydrogens is 392 g/mol. The summed E-state index contributed by atoms with van der Waals surface area (Å²) in [6.45, 7) is 3.81. The molecule has 0 radical (unpaired) electrons. The van der Waals surface area contributed by atoms with Crippen LogP contribution in [0.1, 0.15) is 33.9 Å². The van der Waals surface area contributed by atoms with Crippen LogP contribution in [0.2, 0.25) is 0 Å². The lowest BCUT2D eigenvalue weighted by molar-refractivity contribution is -0.118. The van der Waals surface area contributed by atoms with E-state index in [2.05, 4.69) is 10.3 Å². The van der Waals surface area contributed by atoms with E-state index in [9.17, 15) is 14.4 Å². The number of primary amides is 1. The lowest BCUT2D eigenvalue weighted by Gasteiger charge is -2.09. The number of nitrogens with one attached hydrogen (secondary N) is 1. The fourth-order valence-electron chi connectivity index (χ4n) is 3.14. The summed E-state index contributed by atoms with van der Waals surface area (Å²) in [6.07, 6.45) is 0.646. The van der Waals surface area contributed by atoms with Gasteiger partial charge in [0.15, 0.2) is 0 Å². The number of methoxy groups -OCH3 is 1. The summed E-state index contributed by atoms with van der Waals surface area (Å²) in [5.41, 5.74) is 6.08. The molecule has 9 heteroatoms. The van der Waals surface area contributed by atoms with Crippen LogP contribution < -0.4 is 21.3 Å². The zero-order valence-corrected chi connectivity index (χ0v) is 17.3. The number of ether oxygens (including phenoxy) is 1. The molecule has 0 spiro atoms. The van der Waals surface area contributed by atoms with Crippen LogP contribution in [0.5, 0.6) is 5.75 Å². The number of aromatic nitrogens is 2. The van der Waals surface area contributed by atoms with Crippen molar-refractivity contribution in [1.29, 1.82) is 0 Å². The highest BCUT2D eigenvalue weighted by Crippen LogP contribution is 2.30. The minimum Gasteiger partial charge on any atom is -0.495 e. The van der Waals surface area contributed by atoms with Crippen molar-refractivity contribution in [3.05, 3.63) is 50.9 Å². The van der Waals surface area contributed by atoms with Crippen LogP contribution in [0, 0.1) is 13.8 Å². The third kappa shape index (κ3) is 4.14. The van der Waals surface area contributed by atoms with Crippen molar-refractivity contribution >= 4 is 39.1 Å². The predicted octanol–water partition coefficient (Wildman–Crippen LogP) is 2.60. The fourth-order valence-corrected chi connectivity index (χ4v) is 4.25. The van der Waals surface area contributed by atoms with Gasteiger partial charge in [-0.3, -0.25) is 19.0 Å². The van der Waals surface area contributed by atoms with Gasteiger partial charge in [-0.1, -0.05) is 12.1 Å². The molecule has 0 atom stereocenters. The first-order chi connectivity index (χ1) is 13.8. The van der Waals surface area contributed by atoms with Gasteiger partial charge in [0.1, 0.15) is 16.4 Å². The predicted molar refractivity (Wildman–Crippen MR) is 113 cm³/mol. The second-order valence-corrected chi connectivity index (χ2v) is 7.58. The number of carbonyl (C=O) groups is 2. The topological polar surface area (TPSA) is 116 Å². The number of rotatable bonds is 7. The Balaban J connectivity index is 1.97. The maximum atomic E-state index is 13.0. The molecule has 2 amide bonds. The first-order valence-corrected chi connectivity index (χ1v) is 9.88. The number of hydrogen-bond donors (Lipinski definition) is 2. The Bertz CT molecular complexity index is 1150. The zero-order valence-electron chi connectivity index (χ0n) is 16.4. The molecule has 3 rings (SSSR count). The maximum absolute atomic E-state index is 13.0. The highest BCUT2D eigenvalue weighted by Gasteiger charge is 2.21. The van der Waals surface area contributed by atoms with Gasteiger partial charge in [0.05, 0.1) is 23.1 Å². The van der Waals surface area contributed by atoms with Crippen LogP contribution in [0.25, 0.3) is 10.2 Å². The Morgan fingerprint density at radius 2 is 2.00 bits per heavy atom. The molecule has 2 aromatic heterocycles. The van der Waals surface area contributed by atoms with Crippen LogP contribution in [0.3, 0.4) is 0 Å². The monoisotopic (exact) mass is 414 g/mol. The number of carbonyl (C=O) groups excluding carboxylic acids is 2. The Hall–Kier alpha value is -3.20. The number of aryl methyl sites for hydroxylation is 2. The molecule has 29 heavy (non-hydrogen) atoms. The number of benzene rings is 1. The maximum Gasteiger partial charge on any atom is 0.266 e. The molecule has 0 saturated heterocycles. The minimum absolute atomic E-state index is 0.194. The summed E-state index contributed by atoms with van der Waals surface area (Å²) in [7, 11) is 1.53. The molecule has 0 saturated carbocycles. The molecule has 1 aromatic carbocycles. The van der Waals surface area contributed by atoms with E-state index in [0.29, 0.717) is 50.9 Å². The van der Waals surface area contributed by atoms with Crippen molar-refractivity contribution in [1.82, 2.24) is 9.55 Å². The van der Waals surface area contributed by atoms with E-state index in [4.69, 9.17) is 10.5 Å². The summed E-state index contributed by atoms with van der Waals surface area (Å²) in [5.74, 6) is 0.342. The normalized spacial score (nSPS) is 10.9. The standard InChI is InChI=1S/C20H22N4O4S/c1-11-16-19(22-12(2)24(20(16)27)10-6-9-15(21)25)29-17(11)18(26)23-13-7-4-5-8-14(13)28-3/h4-5,7-8H,6,9-10H2,1-3H3,(H2,21,25)(H,23,26). The number of nitrogens with zero attached hydrogens (tertiary/aromatic N) is 2. The van der Waals surface area contributed by atoms with E-state index in [1.54, 1.807) is 32.0 Å². The summed E-state index contributed by atoms with van der Waals surface area (Å²) >= 11 is 1.18. The molecule has 3 N–H and O–H groups in total. The quantitative estimate of drug-likeness (QED) is 0.616. The summed E-state index contributed by atoms with van der Waals surface area (Å²) < 4.78 is 6.79. The van der Waals surface area contributed by atoms with Crippen LogP contribution >= 0.6 is 11.3 Å².